The number of rotatable bonds is 0. The largest absolute Gasteiger partial charge is 0.458 e. The molecule has 3 rings (SSSR count). The second-order valence-electron chi connectivity index (χ2n) is 3.94. The standard InChI is InChI=1S/C12H9NO3S/c1-5-6(2)15-11-7(10(5)14)3-4-8-9(11)13-12(17)16-8/h3-4H,1-2H3,(H,13,17). The van der Waals surface area contributed by atoms with Crippen LogP contribution in [0.15, 0.2) is 25.8 Å². The van der Waals surface area contributed by atoms with Crippen molar-refractivity contribution in [2.45, 2.75) is 13.8 Å². The van der Waals surface area contributed by atoms with Gasteiger partial charge in [0, 0.05) is 5.56 Å². The molecule has 0 aliphatic heterocycles. The summed E-state index contributed by atoms with van der Waals surface area (Å²) < 4.78 is 10.9. The molecule has 0 spiro atoms. The first-order valence-corrected chi connectivity index (χ1v) is 5.54. The number of H-pyrrole nitrogens is 1. The first-order valence-electron chi connectivity index (χ1n) is 5.14. The molecule has 2 aromatic heterocycles. The van der Waals surface area contributed by atoms with Crippen molar-refractivity contribution in [2.24, 2.45) is 0 Å². The fourth-order valence-corrected chi connectivity index (χ4v) is 2.06. The first kappa shape index (κ1) is 10.3. The Morgan fingerprint density at radius 1 is 1.24 bits per heavy atom. The number of fused-ring (bicyclic) bond motifs is 3. The Kier molecular flexibility index (Phi) is 2.00. The molecular weight excluding hydrogens is 238 g/mol. The zero-order chi connectivity index (χ0) is 12.2. The highest BCUT2D eigenvalue weighted by Crippen LogP contribution is 2.24. The Bertz CT molecular complexity index is 854. The predicted octanol–water partition coefficient (Wildman–Crippen LogP) is 3.21. The van der Waals surface area contributed by atoms with Gasteiger partial charge in [0.1, 0.15) is 11.3 Å². The van der Waals surface area contributed by atoms with Gasteiger partial charge in [-0.25, -0.2) is 0 Å². The van der Waals surface area contributed by atoms with Crippen molar-refractivity contribution in [2.75, 3.05) is 0 Å². The first-order chi connectivity index (χ1) is 8.08. The van der Waals surface area contributed by atoms with Gasteiger partial charge in [-0.2, -0.15) is 0 Å². The highest BCUT2D eigenvalue weighted by molar-refractivity contribution is 7.71. The lowest BCUT2D eigenvalue weighted by Crippen LogP contribution is -2.07. The summed E-state index contributed by atoms with van der Waals surface area (Å²) in [5.41, 5.74) is 2.32. The highest BCUT2D eigenvalue weighted by atomic mass is 32.1. The van der Waals surface area contributed by atoms with Crippen LogP contribution in [0.4, 0.5) is 0 Å². The van der Waals surface area contributed by atoms with E-state index < -0.39 is 0 Å². The second-order valence-corrected chi connectivity index (χ2v) is 4.31. The lowest BCUT2D eigenvalue weighted by molar-refractivity contribution is 0.561. The van der Waals surface area contributed by atoms with Gasteiger partial charge in [-0.15, -0.1) is 0 Å². The number of hydrogen-bond donors (Lipinski definition) is 1. The molecule has 0 aliphatic carbocycles. The predicted molar refractivity (Wildman–Crippen MR) is 66.9 cm³/mol. The summed E-state index contributed by atoms with van der Waals surface area (Å²) in [6.45, 7) is 3.52. The summed E-state index contributed by atoms with van der Waals surface area (Å²) in [4.78, 5) is 15.2. The van der Waals surface area contributed by atoms with E-state index in [1.54, 1.807) is 26.0 Å². The summed E-state index contributed by atoms with van der Waals surface area (Å²) in [6, 6.07) is 3.41. The third-order valence-electron chi connectivity index (χ3n) is 2.92. The molecule has 17 heavy (non-hydrogen) atoms. The average molecular weight is 247 g/mol. The minimum atomic E-state index is -0.0221. The van der Waals surface area contributed by atoms with Crippen molar-refractivity contribution in [3.05, 3.63) is 38.5 Å². The third-order valence-corrected chi connectivity index (χ3v) is 3.10. The quantitative estimate of drug-likeness (QED) is 0.620. The summed E-state index contributed by atoms with van der Waals surface area (Å²) in [6.07, 6.45) is 0. The van der Waals surface area contributed by atoms with Crippen LogP contribution in [0.2, 0.25) is 0 Å². The summed E-state index contributed by atoms with van der Waals surface area (Å²) in [7, 11) is 0. The molecule has 0 unspecified atom stereocenters. The molecule has 5 heteroatoms. The van der Waals surface area contributed by atoms with Crippen LogP contribution in [0.5, 0.6) is 0 Å². The maximum atomic E-state index is 12.1. The van der Waals surface area contributed by atoms with Crippen LogP contribution in [0, 0.1) is 18.7 Å². The van der Waals surface area contributed by atoms with Gasteiger partial charge in [0.05, 0.1) is 5.39 Å². The molecule has 3 aromatic rings. The lowest BCUT2D eigenvalue weighted by atomic mass is 10.1. The molecule has 0 saturated carbocycles. The molecule has 0 saturated heterocycles. The van der Waals surface area contributed by atoms with Gasteiger partial charge >= 0.3 is 0 Å². The zero-order valence-corrected chi connectivity index (χ0v) is 10.1. The maximum absolute atomic E-state index is 12.1. The summed E-state index contributed by atoms with van der Waals surface area (Å²) >= 11 is 4.93. The maximum Gasteiger partial charge on any atom is 0.267 e. The van der Waals surface area contributed by atoms with E-state index in [-0.39, 0.29) is 10.3 Å². The van der Waals surface area contributed by atoms with Crippen LogP contribution in [-0.4, -0.2) is 4.98 Å². The van der Waals surface area contributed by atoms with E-state index in [0.29, 0.717) is 33.4 Å². The van der Waals surface area contributed by atoms with Gasteiger partial charge in [0.25, 0.3) is 4.84 Å². The zero-order valence-electron chi connectivity index (χ0n) is 9.29. The van der Waals surface area contributed by atoms with Crippen LogP contribution in [0.1, 0.15) is 11.3 Å². The second kappa shape index (κ2) is 3.30. The number of aromatic nitrogens is 1. The van der Waals surface area contributed by atoms with E-state index in [0.717, 1.165) is 0 Å². The molecule has 0 bridgehead atoms. The SMILES string of the molecule is Cc1oc2c(ccc3oc(=S)[nH]c32)c(=O)c1C. The Morgan fingerprint density at radius 2 is 2.00 bits per heavy atom. The van der Waals surface area contributed by atoms with Crippen molar-refractivity contribution >= 4 is 34.3 Å². The van der Waals surface area contributed by atoms with E-state index in [2.05, 4.69) is 4.98 Å². The molecule has 4 nitrogen and oxygen atoms in total. The van der Waals surface area contributed by atoms with Crippen molar-refractivity contribution in [3.8, 4) is 0 Å². The Labute approximate surface area is 101 Å². The molecule has 86 valence electrons. The molecule has 1 aromatic carbocycles. The van der Waals surface area contributed by atoms with Crippen LogP contribution in [-0.2, 0) is 0 Å². The molecule has 1 N–H and O–H groups in total. The van der Waals surface area contributed by atoms with Crippen molar-refractivity contribution in [1.82, 2.24) is 4.98 Å². The van der Waals surface area contributed by atoms with Gasteiger partial charge in [-0.1, -0.05) is 0 Å². The summed E-state index contributed by atoms with van der Waals surface area (Å²) in [5.74, 6) is 0.607. The molecular formula is C12H9NO3S. The molecule has 0 radical (unpaired) electrons. The lowest BCUT2D eigenvalue weighted by Gasteiger charge is -2.02. The van der Waals surface area contributed by atoms with Crippen molar-refractivity contribution < 1.29 is 8.83 Å². The van der Waals surface area contributed by atoms with E-state index in [4.69, 9.17) is 21.1 Å². The normalized spacial score (nSPS) is 11.4. The van der Waals surface area contributed by atoms with Crippen LogP contribution in [0.25, 0.3) is 22.1 Å². The van der Waals surface area contributed by atoms with E-state index >= 15 is 0 Å². The minimum absolute atomic E-state index is 0.0221. The molecule has 0 amide bonds. The van der Waals surface area contributed by atoms with Crippen molar-refractivity contribution in [3.63, 3.8) is 0 Å². The number of aryl methyl sites for hydroxylation is 1. The fraction of sp³-hybridized carbons (Fsp3) is 0.167. The fourth-order valence-electron chi connectivity index (χ4n) is 1.87. The number of benzene rings is 1. The Hall–Kier alpha value is -1.88. The number of aromatic amines is 1. The smallest absolute Gasteiger partial charge is 0.267 e. The van der Waals surface area contributed by atoms with Gasteiger partial charge in [-0.05, 0) is 38.2 Å². The molecule has 0 fully saturated rings. The van der Waals surface area contributed by atoms with Gasteiger partial charge in [-0.3, -0.25) is 4.79 Å². The molecule has 0 aliphatic rings. The number of nitrogens with one attached hydrogen (secondary N) is 1. The Morgan fingerprint density at radius 3 is 2.76 bits per heavy atom. The number of hydrogen-bond acceptors (Lipinski definition) is 4. The highest BCUT2D eigenvalue weighted by Gasteiger charge is 2.12. The van der Waals surface area contributed by atoms with E-state index in [9.17, 15) is 4.79 Å². The monoisotopic (exact) mass is 247 g/mol. The van der Waals surface area contributed by atoms with Crippen LogP contribution < -0.4 is 5.43 Å². The van der Waals surface area contributed by atoms with Gasteiger partial charge in [0.2, 0.25) is 0 Å². The minimum Gasteiger partial charge on any atom is -0.458 e. The Balaban J connectivity index is 2.68. The van der Waals surface area contributed by atoms with Crippen LogP contribution >= 0.6 is 12.2 Å². The van der Waals surface area contributed by atoms with E-state index in [1.165, 1.54) is 0 Å². The third kappa shape index (κ3) is 1.36. The average Bonchev–Trinajstić information content (AvgIpc) is 2.67. The molecule has 2 heterocycles. The van der Waals surface area contributed by atoms with Gasteiger partial charge in [0.15, 0.2) is 16.6 Å². The van der Waals surface area contributed by atoms with Gasteiger partial charge < -0.3 is 13.8 Å². The van der Waals surface area contributed by atoms with E-state index in [1.807, 2.05) is 0 Å². The van der Waals surface area contributed by atoms with Crippen molar-refractivity contribution in [1.29, 1.82) is 0 Å². The molecule has 0 atom stereocenters. The topological polar surface area (TPSA) is 59.1 Å². The summed E-state index contributed by atoms with van der Waals surface area (Å²) in [5, 5.41) is 0.535. The van der Waals surface area contributed by atoms with Crippen LogP contribution in [0.3, 0.4) is 0 Å². The number of oxazole rings is 1.